The fraction of sp³-hybridized carbons (Fsp3) is 0.867. The maximum absolute atomic E-state index is 11.8. The molecular weight excluding hydrogens is 258 g/mol. The van der Waals surface area contributed by atoms with E-state index in [1.165, 1.54) is 6.92 Å². The minimum absolute atomic E-state index is 0.0117. The summed E-state index contributed by atoms with van der Waals surface area (Å²) in [6.07, 6.45) is 1.19. The third-order valence-electron chi connectivity index (χ3n) is 4.13. The molecule has 1 amide bonds. The van der Waals surface area contributed by atoms with Crippen LogP contribution in [0.3, 0.4) is 0 Å². The van der Waals surface area contributed by atoms with Crippen molar-refractivity contribution in [1.29, 1.82) is 0 Å². The van der Waals surface area contributed by atoms with Crippen LogP contribution < -0.4 is 5.32 Å². The van der Waals surface area contributed by atoms with Crippen LogP contribution in [0, 0.1) is 11.8 Å². The van der Waals surface area contributed by atoms with Gasteiger partial charge in [0.25, 0.3) is 0 Å². The fourth-order valence-corrected chi connectivity index (χ4v) is 2.70. The van der Waals surface area contributed by atoms with Gasteiger partial charge in [0, 0.05) is 13.3 Å². The first-order valence-electron chi connectivity index (χ1n) is 7.45. The van der Waals surface area contributed by atoms with Crippen LogP contribution in [0.5, 0.6) is 0 Å². The molecule has 0 aromatic heterocycles. The van der Waals surface area contributed by atoms with Crippen LogP contribution in [0.15, 0.2) is 0 Å². The molecule has 1 fully saturated rings. The predicted molar refractivity (Wildman–Crippen MR) is 76.1 cm³/mol. The van der Waals surface area contributed by atoms with Crippen LogP contribution in [0.2, 0.25) is 0 Å². The number of rotatable bonds is 5. The van der Waals surface area contributed by atoms with Crippen LogP contribution in [0.1, 0.15) is 47.5 Å². The Morgan fingerprint density at radius 1 is 1.20 bits per heavy atom. The molecule has 1 aliphatic heterocycles. The third-order valence-corrected chi connectivity index (χ3v) is 4.13. The lowest BCUT2D eigenvalue weighted by molar-refractivity contribution is -0.162. The van der Waals surface area contributed by atoms with Crippen molar-refractivity contribution in [3.63, 3.8) is 0 Å². The van der Waals surface area contributed by atoms with Gasteiger partial charge in [-0.2, -0.15) is 0 Å². The van der Waals surface area contributed by atoms with Gasteiger partial charge in [0.2, 0.25) is 5.91 Å². The van der Waals surface area contributed by atoms with Crippen molar-refractivity contribution in [2.24, 2.45) is 11.8 Å². The molecule has 1 rings (SSSR count). The summed E-state index contributed by atoms with van der Waals surface area (Å²) < 4.78 is 11.0. The van der Waals surface area contributed by atoms with E-state index in [9.17, 15) is 9.59 Å². The molecule has 0 aromatic rings. The zero-order valence-corrected chi connectivity index (χ0v) is 13.1. The van der Waals surface area contributed by atoms with Gasteiger partial charge in [0.15, 0.2) is 0 Å². The van der Waals surface area contributed by atoms with Crippen molar-refractivity contribution >= 4 is 11.9 Å². The first-order chi connectivity index (χ1) is 9.36. The number of amides is 1. The summed E-state index contributed by atoms with van der Waals surface area (Å²) in [6, 6.07) is 0.0117. The molecule has 3 unspecified atom stereocenters. The van der Waals surface area contributed by atoms with E-state index in [0.29, 0.717) is 6.42 Å². The van der Waals surface area contributed by atoms with Gasteiger partial charge in [-0.1, -0.05) is 20.8 Å². The number of carbonyl (C=O) groups is 2. The van der Waals surface area contributed by atoms with Gasteiger partial charge >= 0.3 is 5.97 Å². The molecule has 1 N–H and O–H groups in total. The molecule has 20 heavy (non-hydrogen) atoms. The maximum Gasteiger partial charge on any atom is 0.302 e. The lowest BCUT2D eigenvalue weighted by Gasteiger charge is -2.43. The van der Waals surface area contributed by atoms with Gasteiger partial charge in [-0.25, -0.2) is 0 Å². The standard InChI is InChI=1S/C15H27NO4/c1-6-7-14(18)16-15-10(3)9(2)13(20-11(15)4)8-19-12(5)17/h9-11,13,15H,6-8H2,1-5H3,(H,16,18)/t9-,10-,11?,13?,15?/m0/s1. The summed E-state index contributed by atoms with van der Waals surface area (Å²) in [7, 11) is 0. The summed E-state index contributed by atoms with van der Waals surface area (Å²) in [5.41, 5.74) is 0. The van der Waals surface area contributed by atoms with E-state index in [1.54, 1.807) is 0 Å². The second kappa shape index (κ2) is 7.62. The topological polar surface area (TPSA) is 64.6 Å². The van der Waals surface area contributed by atoms with E-state index in [0.717, 1.165) is 6.42 Å². The zero-order chi connectivity index (χ0) is 15.3. The van der Waals surface area contributed by atoms with Crippen LogP contribution in [0.4, 0.5) is 0 Å². The Morgan fingerprint density at radius 3 is 2.40 bits per heavy atom. The number of carbonyl (C=O) groups excluding carboxylic acids is 2. The minimum Gasteiger partial charge on any atom is -0.463 e. The molecule has 1 aliphatic rings. The molecular formula is C15H27NO4. The third kappa shape index (κ3) is 4.47. The van der Waals surface area contributed by atoms with Gasteiger partial charge in [-0.3, -0.25) is 9.59 Å². The Kier molecular flexibility index (Phi) is 6.46. The lowest BCUT2D eigenvalue weighted by atomic mass is 9.80. The molecule has 5 nitrogen and oxygen atoms in total. The SMILES string of the molecule is CCCC(=O)NC1C(C)OC(COC(C)=O)[C@@H](C)[C@@H]1C. The van der Waals surface area contributed by atoms with Crippen LogP contribution in [-0.2, 0) is 19.1 Å². The zero-order valence-electron chi connectivity index (χ0n) is 13.1. The van der Waals surface area contributed by atoms with E-state index >= 15 is 0 Å². The monoisotopic (exact) mass is 285 g/mol. The molecule has 5 atom stereocenters. The van der Waals surface area contributed by atoms with Crippen molar-refractivity contribution in [2.75, 3.05) is 6.61 Å². The second-order valence-electron chi connectivity index (χ2n) is 5.74. The van der Waals surface area contributed by atoms with E-state index in [-0.39, 0.29) is 48.6 Å². The van der Waals surface area contributed by atoms with Crippen LogP contribution in [-0.4, -0.2) is 36.7 Å². The smallest absolute Gasteiger partial charge is 0.302 e. The Bertz CT molecular complexity index is 345. The van der Waals surface area contributed by atoms with Crippen molar-refractivity contribution in [3.05, 3.63) is 0 Å². The number of hydrogen-bond acceptors (Lipinski definition) is 4. The number of esters is 1. The maximum atomic E-state index is 11.8. The average Bonchev–Trinajstić information content (AvgIpc) is 2.37. The summed E-state index contributed by atoms with van der Waals surface area (Å²) in [4.78, 5) is 22.7. The Balaban J connectivity index is 2.61. The van der Waals surface area contributed by atoms with E-state index in [2.05, 4.69) is 19.2 Å². The number of nitrogens with one attached hydrogen (secondary N) is 1. The van der Waals surface area contributed by atoms with Crippen molar-refractivity contribution in [1.82, 2.24) is 5.32 Å². The highest BCUT2D eigenvalue weighted by Gasteiger charge is 2.40. The second-order valence-corrected chi connectivity index (χ2v) is 5.74. The molecule has 1 saturated heterocycles. The van der Waals surface area contributed by atoms with E-state index in [1.807, 2.05) is 13.8 Å². The Morgan fingerprint density at radius 2 is 1.85 bits per heavy atom. The summed E-state index contributed by atoms with van der Waals surface area (Å²) >= 11 is 0. The average molecular weight is 285 g/mol. The first kappa shape index (κ1) is 17.0. The summed E-state index contributed by atoms with van der Waals surface area (Å²) in [5.74, 6) is 0.280. The summed E-state index contributed by atoms with van der Waals surface area (Å²) in [5, 5.41) is 3.06. The van der Waals surface area contributed by atoms with E-state index in [4.69, 9.17) is 9.47 Å². The highest BCUT2D eigenvalue weighted by atomic mass is 16.6. The lowest BCUT2D eigenvalue weighted by Crippen LogP contribution is -2.56. The van der Waals surface area contributed by atoms with Gasteiger partial charge in [0.05, 0.1) is 18.2 Å². The molecule has 116 valence electrons. The number of ether oxygens (including phenoxy) is 2. The summed E-state index contributed by atoms with van der Waals surface area (Å²) in [6.45, 7) is 9.81. The minimum atomic E-state index is -0.292. The highest BCUT2D eigenvalue weighted by molar-refractivity contribution is 5.76. The quantitative estimate of drug-likeness (QED) is 0.784. The Hall–Kier alpha value is -1.10. The Labute approximate surface area is 121 Å². The van der Waals surface area contributed by atoms with Crippen molar-refractivity contribution in [2.45, 2.75) is 65.7 Å². The normalized spacial score (nSPS) is 33.5. The molecule has 0 spiro atoms. The van der Waals surface area contributed by atoms with Crippen molar-refractivity contribution < 1.29 is 19.1 Å². The van der Waals surface area contributed by atoms with Crippen LogP contribution in [0.25, 0.3) is 0 Å². The molecule has 1 heterocycles. The van der Waals surface area contributed by atoms with E-state index < -0.39 is 0 Å². The molecule has 0 bridgehead atoms. The fourth-order valence-electron chi connectivity index (χ4n) is 2.70. The van der Waals surface area contributed by atoms with Gasteiger partial charge in [-0.05, 0) is 25.2 Å². The molecule has 0 saturated carbocycles. The van der Waals surface area contributed by atoms with Gasteiger partial charge in [-0.15, -0.1) is 0 Å². The molecule has 0 aromatic carbocycles. The molecule has 0 aliphatic carbocycles. The first-order valence-corrected chi connectivity index (χ1v) is 7.45. The molecule has 0 radical (unpaired) electrons. The van der Waals surface area contributed by atoms with Gasteiger partial charge in [0.1, 0.15) is 6.61 Å². The van der Waals surface area contributed by atoms with Gasteiger partial charge < -0.3 is 14.8 Å². The molecule has 5 heteroatoms. The predicted octanol–water partition coefficient (Wildman–Crippen LogP) is 1.89. The highest BCUT2D eigenvalue weighted by Crippen LogP contribution is 2.31. The van der Waals surface area contributed by atoms with Crippen LogP contribution >= 0.6 is 0 Å². The number of hydrogen-bond donors (Lipinski definition) is 1. The van der Waals surface area contributed by atoms with Crippen molar-refractivity contribution in [3.8, 4) is 0 Å². The largest absolute Gasteiger partial charge is 0.463 e.